The van der Waals surface area contributed by atoms with E-state index in [4.69, 9.17) is 0 Å². The number of thiazole rings is 1. The third kappa shape index (κ3) is 2.94. The van der Waals surface area contributed by atoms with Crippen LogP contribution in [0.3, 0.4) is 0 Å². The maximum Gasteiger partial charge on any atom is 0.274 e. The average molecular weight is 339 g/mol. The number of carbonyl (C=O) groups is 1. The van der Waals surface area contributed by atoms with E-state index in [1.54, 1.807) is 17.4 Å². The lowest BCUT2D eigenvalue weighted by Crippen LogP contribution is -2.21. The van der Waals surface area contributed by atoms with Gasteiger partial charge in [-0.3, -0.25) is 4.79 Å². The summed E-state index contributed by atoms with van der Waals surface area (Å²) in [4.78, 5) is 27.5. The van der Waals surface area contributed by atoms with E-state index < -0.39 is 0 Å². The van der Waals surface area contributed by atoms with E-state index in [1.165, 1.54) is 19.2 Å². The average Bonchev–Trinajstić information content (AvgIpc) is 3.23. The van der Waals surface area contributed by atoms with Crippen molar-refractivity contribution >= 4 is 39.0 Å². The summed E-state index contributed by atoms with van der Waals surface area (Å²) in [6.07, 6.45) is 3.78. The standard InChI is InChI=1S/C17H17N5OS/c1-11-20-13-8-12(4-5-15(13)24-11)21-17(23)14-9-16(19-10-18-14)22-6-2-3-7-22/h4-5,8-10H,2-3,6-7H2,1H3,(H,21,23). The Kier molecular flexibility index (Phi) is 3.86. The molecule has 1 aromatic carbocycles. The molecule has 7 heteroatoms. The minimum Gasteiger partial charge on any atom is -0.357 e. The van der Waals surface area contributed by atoms with E-state index in [9.17, 15) is 4.79 Å². The van der Waals surface area contributed by atoms with Gasteiger partial charge in [0.15, 0.2) is 0 Å². The van der Waals surface area contributed by atoms with Crippen LogP contribution in [0.1, 0.15) is 28.3 Å². The molecule has 6 nitrogen and oxygen atoms in total. The molecule has 0 saturated carbocycles. The molecule has 1 aliphatic rings. The highest BCUT2D eigenvalue weighted by Gasteiger charge is 2.16. The van der Waals surface area contributed by atoms with Crippen molar-refractivity contribution in [1.82, 2.24) is 15.0 Å². The van der Waals surface area contributed by atoms with Crippen LogP contribution < -0.4 is 10.2 Å². The van der Waals surface area contributed by atoms with Gasteiger partial charge in [0, 0.05) is 24.8 Å². The monoisotopic (exact) mass is 339 g/mol. The Morgan fingerprint density at radius 3 is 2.88 bits per heavy atom. The fraction of sp³-hybridized carbons (Fsp3) is 0.294. The normalized spacial score (nSPS) is 14.3. The highest BCUT2D eigenvalue weighted by Crippen LogP contribution is 2.25. The Morgan fingerprint density at radius 2 is 2.04 bits per heavy atom. The fourth-order valence-electron chi connectivity index (χ4n) is 2.91. The summed E-state index contributed by atoms with van der Waals surface area (Å²) in [5, 5.41) is 3.91. The van der Waals surface area contributed by atoms with Crippen LogP contribution in [0.25, 0.3) is 10.2 Å². The molecule has 3 aromatic rings. The zero-order chi connectivity index (χ0) is 16.5. The lowest BCUT2D eigenvalue weighted by molar-refractivity contribution is 0.102. The second kappa shape index (κ2) is 6.16. The summed E-state index contributed by atoms with van der Waals surface area (Å²) < 4.78 is 1.11. The summed E-state index contributed by atoms with van der Waals surface area (Å²) >= 11 is 1.64. The highest BCUT2D eigenvalue weighted by atomic mass is 32.1. The van der Waals surface area contributed by atoms with Gasteiger partial charge in [0.05, 0.1) is 15.2 Å². The molecule has 1 aliphatic heterocycles. The van der Waals surface area contributed by atoms with Crippen molar-refractivity contribution in [3.05, 3.63) is 41.3 Å². The third-order valence-corrected chi connectivity index (χ3v) is 5.02. The Bertz CT molecular complexity index is 901. The van der Waals surface area contributed by atoms with E-state index >= 15 is 0 Å². The van der Waals surface area contributed by atoms with Crippen LogP contribution in [0.4, 0.5) is 11.5 Å². The van der Waals surface area contributed by atoms with Crippen LogP contribution in [0.2, 0.25) is 0 Å². The second-order valence-corrected chi connectivity index (χ2v) is 7.06. The molecule has 1 fully saturated rings. The number of fused-ring (bicyclic) bond motifs is 1. The Labute approximate surface area is 143 Å². The molecule has 0 spiro atoms. The number of anilines is 2. The van der Waals surface area contributed by atoms with Gasteiger partial charge in [0.25, 0.3) is 5.91 Å². The zero-order valence-electron chi connectivity index (χ0n) is 13.3. The first kappa shape index (κ1) is 15.0. The first-order chi connectivity index (χ1) is 11.7. The van der Waals surface area contributed by atoms with Gasteiger partial charge in [-0.2, -0.15) is 0 Å². The largest absolute Gasteiger partial charge is 0.357 e. The SMILES string of the molecule is Cc1nc2cc(NC(=O)c3cc(N4CCCC4)ncn3)ccc2s1. The molecule has 0 bridgehead atoms. The molecule has 3 heterocycles. The van der Waals surface area contributed by atoms with Gasteiger partial charge in [-0.25, -0.2) is 15.0 Å². The van der Waals surface area contributed by atoms with Crippen LogP contribution >= 0.6 is 11.3 Å². The number of hydrogen-bond acceptors (Lipinski definition) is 6. The van der Waals surface area contributed by atoms with Crippen LogP contribution in [-0.2, 0) is 0 Å². The maximum atomic E-state index is 12.5. The number of aryl methyl sites for hydroxylation is 1. The molecule has 0 unspecified atom stereocenters. The van der Waals surface area contributed by atoms with E-state index in [2.05, 4.69) is 25.2 Å². The molecule has 0 atom stereocenters. The molecule has 122 valence electrons. The van der Waals surface area contributed by atoms with Crippen molar-refractivity contribution in [3.63, 3.8) is 0 Å². The van der Waals surface area contributed by atoms with E-state index in [0.717, 1.165) is 39.8 Å². The number of hydrogen-bond donors (Lipinski definition) is 1. The number of nitrogens with zero attached hydrogens (tertiary/aromatic N) is 4. The van der Waals surface area contributed by atoms with E-state index in [1.807, 2.05) is 25.1 Å². The second-order valence-electron chi connectivity index (χ2n) is 5.83. The van der Waals surface area contributed by atoms with Crippen molar-refractivity contribution in [2.45, 2.75) is 19.8 Å². The molecule has 2 aromatic heterocycles. The van der Waals surface area contributed by atoms with Gasteiger partial charge in [0.2, 0.25) is 0 Å². The lowest BCUT2D eigenvalue weighted by atomic mass is 10.2. The minimum absolute atomic E-state index is 0.232. The van der Waals surface area contributed by atoms with Crippen molar-refractivity contribution in [2.75, 3.05) is 23.3 Å². The minimum atomic E-state index is -0.232. The summed E-state index contributed by atoms with van der Waals surface area (Å²) in [5.41, 5.74) is 2.00. The molecule has 0 radical (unpaired) electrons. The zero-order valence-corrected chi connectivity index (χ0v) is 14.1. The van der Waals surface area contributed by atoms with Gasteiger partial charge >= 0.3 is 0 Å². The summed E-state index contributed by atoms with van der Waals surface area (Å²) in [6.45, 7) is 3.94. The fourth-order valence-corrected chi connectivity index (χ4v) is 3.71. The van der Waals surface area contributed by atoms with Gasteiger partial charge in [-0.05, 0) is 38.0 Å². The molecule has 0 aliphatic carbocycles. The van der Waals surface area contributed by atoms with Gasteiger partial charge < -0.3 is 10.2 Å². The smallest absolute Gasteiger partial charge is 0.274 e. The summed E-state index contributed by atoms with van der Waals surface area (Å²) in [5.74, 6) is 0.586. The Balaban J connectivity index is 1.55. The number of aromatic nitrogens is 3. The predicted octanol–water partition coefficient (Wildman–Crippen LogP) is 3.25. The summed E-state index contributed by atoms with van der Waals surface area (Å²) in [7, 11) is 0. The first-order valence-electron chi connectivity index (χ1n) is 7.94. The number of nitrogens with one attached hydrogen (secondary N) is 1. The Hall–Kier alpha value is -2.54. The van der Waals surface area contributed by atoms with Crippen LogP contribution in [0.15, 0.2) is 30.6 Å². The van der Waals surface area contributed by atoms with Crippen LogP contribution in [-0.4, -0.2) is 33.9 Å². The quantitative estimate of drug-likeness (QED) is 0.793. The van der Waals surface area contributed by atoms with Crippen molar-refractivity contribution < 1.29 is 4.79 Å². The van der Waals surface area contributed by atoms with Gasteiger partial charge in [-0.15, -0.1) is 11.3 Å². The molecule has 1 saturated heterocycles. The Morgan fingerprint density at radius 1 is 1.21 bits per heavy atom. The number of amides is 1. The number of rotatable bonds is 3. The number of carbonyl (C=O) groups excluding carboxylic acids is 1. The van der Waals surface area contributed by atoms with Gasteiger partial charge in [-0.1, -0.05) is 0 Å². The van der Waals surface area contributed by atoms with Crippen LogP contribution in [0.5, 0.6) is 0 Å². The topological polar surface area (TPSA) is 71.0 Å². The van der Waals surface area contributed by atoms with E-state index in [-0.39, 0.29) is 5.91 Å². The third-order valence-electron chi connectivity index (χ3n) is 4.07. The van der Waals surface area contributed by atoms with Crippen LogP contribution in [0, 0.1) is 6.92 Å². The maximum absolute atomic E-state index is 12.5. The van der Waals surface area contributed by atoms with Gasteiger partial charge in [0.1, 0.15) is 17.8 Å². The van der Waals surface area contributed by atoms with Crippen molar-refractivity contribution in [3.8, 4) is 0 Å². The summed E-state index contributed by atoms with van der Waals surface area (Å²) in [6, 6.07) is 7.51. The molecular weight excluding hydrogens is 322 g/mol. The highest BCUT2D eigenvalue weighted by molar-refractivity contribution is 7.18. The molecule has 1 N–H and O–H groups in total. The molecule has 1 amide bonds. The van der Waals surface area contributed by atoms with Crippen molar-refractivity contribution in [2.24, 2.45) is 0 Å². The molecular formula is C17H17N5OS. The predicted molar refractivity (Wildman–Crippen MR) is 95.8 cm³/mol. The van der Waals surface area contributed by atoms with E-state index in [0.29, 0.717) is 5.69 Å². The number of benzene rings is 1. The first-order valence-corrected chi connectivity index (χ1v) is 8.76. The molecule has 24 heavy (non-hydrogen) atoms. The molecule has 4 rings (SSSR count). The lowest BCUT2D eigenvalue weighted by Gasteiger charge is -2.16. The van der Waals surface area contributed by atoms with Crippen molar-refractivity contribution in [1.29, 1.82) is 0 Å².